The Morgan fingerprint density at radius 1 is 1.41 bits per heavy atom. The van der Waals surface area contributed by atoms with Gasteiger partial charge in [-0.05, 0) is 30.2 Å². The summed E-state index contributed by atoms with van der Waals surface area (Å²) in [5, 5.41) is 3.50. The van der Waals surface area contributed by atoms with Crippen LogP contribution in [0.25, 0.3) is 0 Å². The first kappa shape index (κ1) is 16.5. The van der Waals surface area contributed by atoms with Gasteiger partial charge in [0.15, 0.2) is 0 Å². The van der Waals surface area contributed by atoms with E-state index in [-0.39, 0.29) is 12.2 Å². The zero-order chi connectivity index (χ0) is 16.3. The van der Waals surface area contributed by atoms with Crippen molar-refractivity contribution in [3.63, 3.8) is 0 Å². The third-order valence-corrected chi connectivity index (χ3v) is 3.37. The van der Waals surface area contributed by atoms with Crippen molar-refractivity contribution in [3.05, 3.63) is 51.8 Å². The van der Waals surface area contributed by atoms with Crippen molar-refractivity contribution in [1.82, 2.24) is 9.78 Å². The molecule has 0 N–H and O–H groups in total. The molecule has 1 heterocycles. The smallest absolute Gasteiger partial charge is 0.408 e. The van der Waals surface area contributed by atoms with E-state index >= 15 is 0 Å². The maximum absolute atomic E-state index is 12.2. The predicted molar refractivity (Wildman–Crippen MR) is 76.3 cm³/mol. The molecule has 118 valence electrons. The summed E-state index contributed by atoms with van der Waals surface area (Å²) in [6, 6.07) is 5.55. The summed E-state index contributed by atoms with van der Waals surface area (Å²) in [5.41, 5.74) is 1.74. The van der Waals surface area contributed by atoms with Crippen LogP contribution in [0.3, 0.4) is 0 Å². The SMILES string of the molecule is Cc1ccc(Br)cc1COC(=O)c1cnn(CC(F)(F)F)c1. The molecular weight excluding hydrogens is 365 g/mol. The topological polar surface area (TPSA) is 44.1 Å². The van der Waals surface area contributed by atoms with Crippen LogP contribution in [0.1, 0.15) is 21.5 Å². The monoisotopic (exact) mass is 376 g/mol. The summed E-state index contributed by atoms with van der Waals surface area (Å²) < 4.78 is 43.3. The molecule has 0 spiro atoms. The van der Waals surface area contributed by atoms with Gasteiger partial charge in [0.1, 0.15) is 13.2 Å². The molecule has 0 amide bonds. The predicted octanol–water partition coefficient (Wildman–Crippen LogP) is 3.87. The lowest BCUT2D eigenvalue weighted by molar-refractivity contribution is -0.142. The van der Waals surface area contributed by atoms with E-state index in [0.29, 0.717) is 4.68 Å². The van der Waals surface area contributed by atoms with Crippen LogP contribution in [-0.2, 0) is 17.9 Å². The standard InChI is InChI=1S/C14H12BrF3N2O2/c1-9-2-3-12(15)4-10(9)7-22-13(21)11-5-19-20(6-11)8-14(16,17)18/h2-6H,7-8H2,1H3. The molecule has 2 rings (SSSR count). The first-order chi connectivity index (χ1) is 10.2. The molecule has 0 radical (unpaired) electrons. The average molecular weight is 377 g/mol. The number of hydrogen-bond acceptors (Lipinski definition) is 3. The lowest BCUT2D eigenvalue weighted by atomic mass is 10.1. The molecule has 0 bridgehead atoms. The number of rotatable bonds is 4. The number of nitrogens with zero attached hydrogens (tertiary/aromatic N) is 2. The van der Waals surface area contributed by atoms with E-state index in [1.165, 1.54) is 0 Å². The Morgan fingerprint density at radius 3 is 2.82 bits per heavy atom. The van der Waals surface area contributed by atoms with Crippen molar-refractivity contribution in [2.45, 2.75) is 26.3 Å². The largest absolute Gasteiger partial charge is 0.457 e. The third-order valence-electron chi connectivity index (χ3n) is 2.88. The molecule has 0 aliphatic heterocycles. The fraction of sp³-hybridized carbons (Fsp3) is 0.286. The summed E-state index contributed by atoms with van der Waals surface area (Å²) >= 11 is 3.32. The number of carbonyl (C=O) groups excluding carboxylic acids is 1. The van der Waals surface area contributed by atoms with Gasteiger partial charge < -0.3 is 4.74 Å². The van der Waals surface area contributed by atoms with Gasteiger partial charge in [-0.15, -0.1) is 0 Å². The molecular formula is C14H12BrF3N2O2. The van der Waals surface area contributed by atoms with Crippen LogP contribution < -0.4 is 0 Å². The normalized spacial score (nSPS) is 11.5. The summed E-state index contributed by atoms with van der Waals surface area (Å²) in [5.74, 6) is -0.715. The minimum atomic E-state index is -4.39. The summed E-state index contributed by atoms with van der Waals surface area (Å²) in [6.07, 6.45) is -2.31. The van der Waals surface area contributed by atoms with Gasteiger partial charge in [0.2, 0.25) is 0 Å². The number of aromatic nitrogens is 2. The van der Waals surface area contributed by atoms with Gasteiger partial charge in [-0.3, -0.25) is 4.68 Å². The van der Waals surface area contributed by atoms with E-state index in [1.807, 2.05) is 25.1 Å². The van der Waals surface area contributed by atoms with Gasteiger partial charge in [0.25, 0.3) is 0 Å². The molecule has 1 aromatic carbocycles. The van der Waals surface area contributed by atoms with Gasteiger partial charge in [0.05, 0.1) is 11.8 Å². The van der Waals surface area contributed by atoms with Crippen molar-refractivity contribution in [2.75, 3.05) is 0 Å². The number of alkyl halides is 3. The van der Waals surface area contributed by atoms with Crippen molar-refractivity contribution in [1.29, 1.82) is 0 Å². The second kappa shape index (κ2) is 6.51. The molecule has 2 aromatic rings. The fourth-order valence-corrected chi connectivity index (χ4v) is 2.17. The Kier molecular flexibility index (Phi) is 4.90. The van der Waals surface area contributed by atoms with E-state index in [9.17, 15) is 18.0 Å². The van der Waals surface area contributed by atoms with Gasteiger partial charge in [-0.1, -0.05) is 22.0 Å². The maximum Gasteiger partial charge on any atom is 0.408 e. The molecule has 8 heteroatoms. The minimum Gasteiger partial charge on any atom is -0.457 e. The van der Waals surface area contributed by atoms with E-state index in [0.717, 1.165) is 28.0 Å². The number of carbonyl (C=O) groups is 1. The number of benzene rings is 1. The maximum atomic E-state index is 12.2. The number of esters is 1. The van der Waals surface area contributed by atoms with E-state index in [4.69, 9.17) is 4.74 Å². The Bertz CT molecular complexity index is 683. The number of halogens is 4. The zero-order valence-electron chi connectivity index (χ0n) is 11.5. The quantitative estimate of drug-likeness (QED) is 0.760. The highest BCUT2D eigenvalue weighted by Gasteiger charge is 2.28. The summed E-state index contributed by atoms with van der Waals surface area (Å²) in [4.78, 5) is 11.8. The van der Waals surface area contributed by atoms with Gasteiger partial charge in [-0.25, -0.2) is 4.79 Å². The first-order valence-electron chi connectivity index (χ1n) is 6.26. The second-order valence-corrected chi connectivity index (χ2v) is 5.60. The lowest BCUT2D eigenvalue weighted by Gasteiger charge is -2.07. The summed E-state index contributed by atoms with van der Waals surface area (Å²) in [6.45, 7) is 0.663. The molecule has 0 aliphatic carbocycles. The van der Waals surface area contributed by atoms with Crippen molar-refractivity contribution in [2.24, 2.45) is 0 Å². The first-order valence-corrected chi connectivity index (χ1v) is 7.05. The molecule has 0 atom stereocenters. The minimum absolute atomic E-state index is 0.0168. The van der Waals surface area contributed by atoms with Crippen molar-refractivity contribution >= 4 is 21.9 Å². The molecule has 4 nitrogen and oxygen atoms in total. The molecule has 0 fully saturated rings. The van der Waals surface area contributed by atoms with Crippen LogP contribution in [0.15, 0.2) is 35.1 Å². The molecule has 22 heavy (non-hydrogen) atoms. The summed E-state index contributed by atoms with van der Waals surface area (Å²) in [7, 11) is 0. The van der Waals surface area contributed by atoms with Crippen LogP contribution in [0.4, 0.5) is 13.2 Å². The van der Waals surface area contributed by atoms with Gasteiger partial charge in [0, 0.05) is 10.7 Å². The fourth-order valence-electron chi connectivity index (χ4n) is 1.76. The van der Waals surface area contributed by atoms with E-state index < -0.39 is 18.7 Å². The van der Waals surface area contributed by atoms with Crippen LogP contribution in [0, 0.1) is 6.92 Å². The highest BCUT2D eigenvalue weighted by molar-refractivity contribution is 9.10. The van der Waals surface area contributed by atoms with Gasteiger partial charge >= 0.3 is 12.1 Å². The Labute approximate surface area is 133 Å². The lowest BCUT2D eigenvalue weighted by Crippen LogP contribution is -2.17. The van der Waals surface area contributed by atoms with Crippen molar-refractivity contribution < 1.29 is 22.7 Å². The third kappa shape index (κ3) is 4.59. The Hall–Kier alpha value is -1.83. The average Bonchev–Trinajstić information content (AvgIpc) is 2.85. The second-order valence-electron chi connectivity index (χ2n) is 4.69. The van der Waals surface area contributed by atoms with Crippen molar-refractivity contribution in [3.8, 4) is 0 Å². The zero-order valence-corrected chi connectivity index (χ0v) is 13.1. The van der Waals surface area contributed by atoms with Gasteiger partial charge in [-0.2, -0.15) is 18.3 Å². The molecule has 0 saturated carbocycles. The highest BCUT2D eigenvalue weighted by Crippen LogP contribution is 2.19. The number of aryl methyl sites for hydroxylation is 1. The van der Waals surface area contributed by atoms with Crippen LogP contribution in [-0.4, -0.2) is 21.9 Å². The highest BCUT2D eigenvalue weighted by atomic mass is 79.9. The Balaban J connectivity index is 1.99. The Morgan fingerprint density at radius 2 is 2.14 bits per heavy atom. The van der Waals surface area contributed by atoms with Crippen LogP contribution in [0.2, 0.25) is 0 Å². The van der Waals surface area contributed by atoms with E-state index in [1.54, 1.807) is 0 Å². The molecule has 0 aliphatic rings. The van der Waals surface area contributed by atoms with Crippen LogP contribution in [0.5, 0.6) is 0 Å². The molecule has 1 aromatic heterocycles. The van der Waals surface area contributed by atoms with Crippen LogP contribution >= 0.6 is 15.9 Å². The number of hydrogen-bond donors (Lipinski definition) is 0. The molecule has 0 saturated heterocycles. The van der Waals surface area contributed by atoms with E-state index in [2.05, 4.69) is 21.0 Å². The molecule has 0 unspecified atom stereocenters. The number of ether oxygens (including phenoxy) is 1.